The fourth-order valence-corrected chi connectivity index (χ4v) is 3.19. The molecule has 0 radical (unpaired) electrons. The van der Waals surface area contributed by atoms with E-state index < -0.39 is 24.9 Å². The minimum atomic E-state index is -2.82. The summed E-state index contributed by atoms with van der Waals surface area (Å²) in [6.45, 7) is 1.50. The Morgan fingerprint density at radius 1 is 1.23 bits per heavy atom. The third-order valence-electron chi connectivity index (χ3n) is 4.48. The van der Waals surface area contributed by atoms with Crippen LogP contribution in [0.15, 0.2) is 18.2 Å². The number of nitrogens with one attached hydrogen (secondary N) is 1. The first-order valence-electron chi connectivity index (χ1n) is 7.88. The molecule has 5 nitrogen and oxygen atoms in total. The van der Waals surface area contributed by atoms with Crippen LogP contribution in [0.25, 0.3) is 0 Å². The second-order valence-electron chi connectivity index (χ2n) is 6.12. The highest BCUT2D eigenvalue weighted by Crippen LogP contribution is 2.30. The molecule has 2 heterocycles. The maximum atomic E-state index is 13.3. The largest absolute Gasteiger partial charge is 0.494 e. The summed E-state index contributed by atoms with van der Waals surface area (Å²) in [6.07, 6.45) is -0.447. The number of piperazine rings is 1. The van der Waals surface area contributed by atoms with E-state index in [-0.39, 0.29) is 36.5 Å². The van der Waals surface area contributed by atoms with E-state index in [4.69, 9.17) is 4.74 Å². The van der Waals surface area contributed by atoms with E-state index in [0.29, 0.717) is 31.9 Å². The third kappa shape index (κ3) is 4.86. The van der Waals surface area contributed by atoms with Crippen molar-refractivity contribution in [3.63, 3.8) is 0 Å². The van der Waals surface area contributed by atoms with Crippen LogP contribution in [0.4, 0.5) is 18.9 Å². The second-order valence-corrected chi connectivity index (χ2v) is 6.12. The van der Waals surface area contributed by atoms with Gasteiger partial charge in [0.25, 0.3) is 5.92 Å². The van der Waals surface area contributed by atoms with E-state index in [2.05, 4.69) is 5.32 Å². The summed E-state index contributed by atoms with van der Waals surface area (Å²) in [5.74, 6) is -3.04. The van der Waals surface area contributed by atoms with Crippen molar-refractivity contribution in [3.8, 4) is 5.75 Å². The summed E-state index contributed by atoms with van der Waals surface area (Å²) in [5.41, 5.74) is 0.761. The number of amides is 1. The van der Waals surface area contributed by atoms with E-state index in [0.717, 1.165) is 5.69 Å². The van der Waals surface area contributed by atoms with Gasteiger partial charge in [-0.2, -0.15) is 0 Å². The summed E-state index contributed by atoms with van der Waals surface area (Å²) < 4.78 is 45.0. The number of hydrogen-bond donors (Lipinski definition) is 1. The Hall–Kier alpha value is -1.38. The first kappa shape index (κ1) is 22.7. The molecule has 2 aliphatic heterocycles. The summed E-state index contributed by atoms with van der Waals surface area (Å²) >= 11 is 0. The zero-order valence-corrected chi connectivity index (χ0v) is 15.8. The van der Waals surface area contributed by atoms with Gasteiger partial charge in [0, 0.05) is 38.7 Å². The number of hydrogen-bond acceptors (Lipinski definition) is 4. The molecule has 148 valence electrons. The predicted molar refractivity (Wildman–Crippen MR) is 97.6 cm³/mol. The maximum Gasteiger partial charge on any atom is 0.262 e. The van der Waals surface area contributed by atoms with Gasteiger partial charge in [-0.05, 0) is 12.1 Å². The van der Waals surface area contributed by atoms with Crippen molar-refractivity contribution in [1.82, 2.24) is 10.2 Å². The number of carbonyl (C=O) groups excluding carboxylic acids is 1. The number of ether oxygens (including phenoxy) is 1. The van der Waals surface area contributed by atoms with Crippen molar-refractivity contribution < 1.29 is 22.7 Å². The lowest BCUT2D eigenvalue weighted by Gasteiger charge is -2.37. The van der Waals surface area contributed by atoms with Crippen molar-refractivity contribution in [3.05, 3.63) is 24.0 Å². The van der Waals surface area contributed by atoms with Crippen LogP contribution >= 0.6 is 24.8 Å². The molecule has 2 fully saturated rings. The van der Waals surface area contributed by atoms with Gasteiger partial charge in [0.15, 0.2) is 0 Å². The van der Waals surface area contributed by atoms with E-state index >= 15 is 0 Å². The molecule has 2 saturated heterocycles. The van der Waals surface area contributed by atoms with Crippen molar-refractivity contribution in [2.45, 2.75) is 18.4 Å². The molecule has 0 aromatic heterocycles. The molecule has 10 heteroatoms. The van der Waals surface area contributed by atoms with Crippen LogP contribution in [0.3, 0.4) is 0 Å². The zero-order valence-electron chi connectivity index (χ0n) is 14.2. The fourth-order valence-electron chi connectivity index (χ4n) is 3.19. The third-order valence-corrected chi connectivity index (χ3v) is 4.48. The Balaban J connectivity index is 0.00000169. The second kappa shape index (κ2) is 9.01. The zero-order chi connectivity index (χ0) is 17.3. The van der Waals surface area contributed by atoms with Gasteiger partial charge in [-0.25, -0.2) is 13.2 Å². The van der Waals surface area contributed by atoms with Crippen LogP contribution in [0, 0.1) is 5.82 Å². The van der Waals surface area contributed by atoms with Crippen LogP contribution in [0.5, 0.6) is 5.75 Å². The maximum absolute atomic E-state index is 13.3. The molecule has 0 aliphatic carbocycles. The van der Waals surface area contributed by atoms with Gasteiger partial charge >= 0.3 is 0 Å². The van der Waals surface area contributed by atoms with Gasteiger partial charge in [0.05, 0.1) is 25.4 Å². The van der Waals surface area contributed by atoms with Crippen LogP contribution < -0.4 is 15.0 Å². The quantitative estimate of drug-likeness (QED) is 0.822. The molecule has 0 spiro atoms. The van der Waals surface area contributed by atoms with Gasteiger partial charge in [-0.15, -0.1) is 24.8 Å². The topological polar surface area (TPSA) is 44.8 Å². The smallest absolute Gasteiger partial charge is 0.262 e. The van der Waals surface area contributed by atoms with Crippen molar-refractivity contribution in [2.24, 2.45) is 0 Å². The van der Waals surface area contributed by atoms with Crippen molar-refractivity contribution >= 4 is 36.4 Å². The number of rotatable bonds is 3. The monoisotopic (exact) mass is 415 g/mol. The lowest BCUT2D eigenvalue weighted by molar-refractivity contribution is -0.134. The molecular formula is C16H22Cl2F3N3O2. The SMILES string of the molecule is COc1cc(F)ccc1N1CCN(C(=O)C2CC(F)(F)CN2)CC1.Cl.Cl. The minimum absolute atomic E-state index is 0. The molecule has 1 unspecified atom stereocenters. The molecule has 1 amide bonds. The summed E-state index contributed by atoms with van der Waals surface area (Å²) in [7, 11) is 1.48. The molecule has 0 saturated carbocycles. The Morgan fingerprint density at radius 3 is 2.42 bits per heavy atom. The number of anilines is 1. The number of nitrogens with zero attached hydrogens (tertiary/aromatic N) is 2. The summed E-state index contributed by atoms with van der Waals surface area (Å²) in [6, 6.07) is 3.51. The van der Waals surface area contributed by atoms with Gasteiger partial charge in [-0.3, -0.25) is 10.1 Å². The highest BCUT2D eigenvalue weighted by Gasteiger charge is 2.43. The first-order chi connectivity index (χ1) is 11.4. The summed E-state index contributed by atoms with van der Waals surface area (Å²) in [5, 5.41) is 2.59. The lowest BCUT2D eigenvalue weighted by atomic mass is 10.1. The molecule has 26 heavy (non-hydrogen) atoms. The Kier molecular flexibility index (Phi) is 7.85. The van der Waals surface area contributed by atoms with Crippen LogP contribution in [-0.2, 0) is 4.79 Å². The van der Waals surface area contributed by atoms with Gasteiger partial charge < -0.3 is 14.5 Å². The number of benzene rings is 1. The normalized spacial score (nSPS) is 21.6. The van der Waals surface area contributed by atoms with Crippen LogP contribution in [0.1, 0.15) is 6.42 Å². The molecule has 2 aliphatic rings. The lowest BCUT2D eigenvalue weighted by Crippen LogP contribution is -2.53. The van der Waals surface area contributed by atoms with Gasteiger partial charge in [0.1, 0.15) is 11.6 Å². The number of halogens is 5. The highest BCUT2D eigenvalue weighted by atomic mass is 35.5. The van der Waals surface area contributed by atoms with E-state index in [1.165, 1.54) is 19.2 Å². The van der Waals surface area contributed by atoms with Gasteiger partial charge in [0.2, 0.25) is 5.91 Å². The molecule has 1 atom stereocenters. The van der Waals surface area contributed by atoms with Gasteiger partial charge in [-0.1, -0.05) is 0 Å². The standard InChI is InChI=1S/C16H20F3N3O2.2ClH/c1-24-14-8-11(17)2-3-13(14)21-4-6-22(7-5-21)15(23)12-9-16(18,19)10-20-12;;/h2-3,8,12,20H,4-7,9-10H2,1H3;2*1H. The molecule has 0 bridgehead atoms. The van der Waals surface area contributed by atoms with E-state index in [1.807, 2.05) is 4.90 Å². The molecular weight excluding hydrogens is 394 g/mol. The molecule has 1 aromatic rings. The predicted octanol–water partition coefficient (Wildman–Crippen LogP) is 2.32. The highest BCUT2D eigenvalue weighted by molar-refractivity contribution is 5.85. The molecule has 3 rings (SSSR count). The Morgan fingerprint density at radius 2 is 1.88 bits per heavy atom. The molecule has 1 N–H and O–H groups in total. The van der Waals surface area contributed by atoms with Crippen LogP contribution in [0.2, 0.25) is 0 Å². The summed E-state index contributed by atoms with van der Waals surface area (Å²) in [4.78, 5) is 15.9. The average Bonchev–Trinajstić information content (AvgIpc) is 2.94. The van der Waals surface area contributed by atoms with E-state index in [1.54, 1.807) is 11.0 Å². The van der Waals surface area contributed by atoms with E-state index in [9.17, 15) is 18.0 Å². The Bertz CT molecular complexity index is 629. The fraction of sp³-hybridized carbons (Fsp3) is 0.562. The minimum Gasteiger partial charge on any atom is -0.494 e. The average molecular weight is 416 g/mol. The van der Waals surface area contributed by atoms with Crippen LogP contribution in [-0.4, -0.2) is 62.6 Å². The number of carbonyl (C=O) groups is 1. The number of methoxy groups -OCH3 is 1. The first-order valence-corrected chi connectivity index (χ1v) is 7.88. The number of alkyl halides is 2. The van der Waals surface area contributed by atoms with Crippen molar-refractivity contribution in [1.29, 1.82) is 0 Å². The Labute approximate surface area is 162 Å². The molecule has 1 aromatic carbocycles. The van der Waals surface area contributed by atoms with Crippen molar-refractivity contribution in [2.75, 3.05) is 44.7 Å².